The van der Waals surface area contributed by atoms with Crippen LogP contribution in [0.25, 0.3) is 0 Å². The van der Waals surface area contributed by atoms with Gasteiger partial charge in [-0.1, -0.05) is 0 Å². The second kappa shape index (κ2) is 6.08. The van der Waals surface area contributed by atoms with Gasteiger partial charge in [0.1, 0.15) is 11.9 Å². The number of benzene rings is 2. The number of hydrogen-bond acceptors (Lipinski definition) is 4. The van der Waals surface area contributed by atoms with Crippen LogP contribution < -0.4 is 19.7 Å². The van der Waals surface area contributed by atoms with Crippen molar-refractivity contribution in [2.24, 2.45) is 0 Å². The van der Waals surface area contributed by atoms with Crippen LogP contribution in [0.5, 0.6) is 11.5 Å². The molecule has 0 bridgehead atoms. The zero-order valence-electron chi connectivity index (χ0n) is 13.2. The fourth-order valence-electron chi connectivity index (χ4n) is 2.97. The first-order chi connectivity index (χ1) is 12.1. The van der Waals surface area contributed by atoms with Gasteiger partial charge in [0.15, 0.2) is 11.5 Å². The molecular weight excluding hydrogens is 327 g/mol. The summed E-state index contributed by atoms with van der Waals surface area (Å²) < 4.78 is 23.5. The zero-order valence-corrected chi connectivity index (χ0v) is 13.2. The summed E-state index contributed by atoms with van der Waals surface area (Å²) in [6.07, 6.45) is 0.493. The van der Waals surface area contributed by atoms with E-state index < -0.39 is 6.04 Å². The minimum Gasteiger partial charge on any atom is -0.454 e. The van der Waals surface area contributed by atoms with Gasteiger partial charge < -0.3 is 19.7 Å². The van der Waals surface area contributed by atoms with Crippen LogP contribution in [-0.4, -0.2) is 31.2 Å². The van der Waals surface area contributed by atoms with E-state index in [2.05, 4.69) is 5.32 Å². The molecule has 0 aromatic heterocycles. The molecule has 25 heavy (non-hydrogen) atoms. The Bertz CT molecular complexity index is 837. The molecule has 0 saturated carbocycles. The third-order valence-electron chi connectivity index (χ3n) is 4.28. The quantitative estimate of drug-likeness (QED) is 0.927. The van der Waals surface area contributed by atoms with Gasteiger partial charge in [-0.05, 0) is 48.9 Å². The lowest BCUT2D eigenvalue weighted by Crippen LogP contribution is -2.41. The van der Waals surface area contributed by atoms with Crippen molar-refractivity contribution in [3.63, 3.8) is 0 Å². The normalized spacial score (nSPS) is 18.5. The number of nitrogens with zero attached hydrogens (tertiary/aromatic N) is 1. The number of nitrogens with one attached hydrogen (secondary N) is 1. The van der Waals surface area contributed by atoms with Crippen molar-refractivity contribution >= 4 is 17.5 Å². The van der Waals surface area contributed by atoms with Gasteiger partial charge in [0.25, 0.3) is 5.91 Å². The average molecular weight is 342 g/mol. The van der Waals surface area contributed by atoms with Crippen molar-refractivity contribution < 1.29 is 23.5 Å². The maximum Gasteiger partial charge on any atom is 0.252 e. The standard InChI is InChI=1S/C18H15FN2O4/c19-12-2-4-13(5-3-12)21-8-7-14(18(21)23)20-17(22)11-1-6-15-16(9-11)25-10-24-15/h1-6,9,14H,7-8,10H2,(H,20,22)/t14-/m1/s1. The summed E-state index contributed by atoms with van der Waals surface area (Å²) >= 11 is 0. The second-order valence-corrected chi connectivity index (χ2v) is 5.85. The number of hydrogen-bond donors (Lipinski definition) is 1. The van der Waals surface area contributed by atoms with Gasteiger partial charge in [0.05, 0.1) is 0 Å². The number of carbonyl (C=O) groups excluding carboxylic acids is 2. The predicted octanol–water partition coefficient (Wildman–Crippen LogP) is 2.09. The van der Waals surface area contributed by atoms with E-state index in [9.17, 15) is 14.0 Å². The third kappa shape index (κ3) is 2.88. The lowest BCUT2D eigenvalue weighted by molar-refractivity contribution is -0.118. The van der Waals surface area contributed by atoms with Crippen LogP contribution in [0.2, 0.25) is 0 Å². The fraction of sp³-hybridized carbons (Fsp3) is 0.222. The van der Waals surface area contributed by atoms with Crippen LogP contribution in [0.3, 0.4) is 0 Å². The maximum atomic E-state index is 13.0. The highest BCUT2D eigenvalue weighted by atomic mass is 19.1. The molecule has 0 unspecified atom stereocenters. The minimum atomic E-state index is -0.608. The van der Waals surface area contributed by atoms with E-state index in [0.29, 0.717) is 35.7 Å². The first kappa shape index (κ1) is 15.4. The number of rotatable bonds is 3. The monoisotopic (exact) mass is 342 g/mol. The van der Waals surface area contributed by atoms with Gasteiger partial charge in [-0.2, -0.15) is 0 Å². The summed E-state index contributed by atoms with van der Waals surface area (Å²) in [4.78, 5) is 26.5. The van der Waals surface area contributed by atoms with Crippen LogP contribution in [0.15, 0.2) is 42.5 Å². The summed E-state index contributed by atoms with van der Waals surface area (Å²) in [5.74, 6) is 0.190. The van der Waals surface area contributed by atoms with Gasteiger partial charge in [0, 0.05) is 17.8 Å². The fourth-order valence-corrected chi connectivity index (χ4v) is 2.97. The number of halogens is 1. The van der Waals surface area contributed by atoms with E-state index in [0.717, 1.165) is 0 Å². The summed E-state index contributed by atoms with van der Waals surface area (Å²) in [6, 6.07) is 9.99. The number of ether oxygens (including phenoxy) is 2. The Morgan fingerprint density at radius 2 is 1.88 bits per heavy atom. The topological polar surface area (TPSA) is 67.9 Å². The number of fused-ring (bicyclic) bond motifs is 1. The molecule has 6 nitrogen and oxygen atoms in total. The lowest BCUT2D eigenvalue weighted by Gasteiger charge is -2.17. The molecule has 2 aromatic carbocycles. The van der Waals surface area contributed by atoms with Gasteiger partial charge in [-0.3, -0.25) is 9.59 Å². The minimum absolute atomic E-state index is 0.133. The van der Waals surface area contributed by atoms with Crippen LogP contribution in [0.1, 0.15) is 16.8 Å². The molecule has 2 aliphatic heterocycles. The number of anilines is 1. The lowest BCUT2D eigenvalue weighted by atomic mass is 10.1. The Morgan fingerprint density at radius 3 is 2.68 bits per heavy atom. The third-order valence-corrected chi connectivity index (χ3v) is 4.28. The van der Waals surface area contributed by atoms with Crippen LogP contribution >= 0.6 is 0 Å². The first-order valence-electron chi connectivity index (χ1n) is 7.89. The number of amides is 2. The van der Waals surface area contributed by atoms with Crippen LogP contribution in [-0.2, 0) is 4.79 Å². The molecule has 0 spiro atoms. The van der Waals surface area contributed by atoms with Crippen molar-refractivity contribution in [3.05, 3.63) is 53.8 Å². The van der Waals surface area contributed by atoms with E-state index in [-0.39, 0.29) is 24.4 Å². The highest BCUT2D eigenvalue weighted by Gasteiger charge is 2.34. The van der Waals surface area contributed by atoms with Gasteiger partial charge >= 0.3 is 0 Å². The second-order valence-electron chi connectivity index (χ2n) is 5.85. The summed E-state index contributed by atoms with van der Waals surface area (Å²) in [6.45, 7) is 0.602. The van der Waals surface area contributed by atoms with Crippen molar-refractivity contribution in [1.82, 2.24) is 5.32 Å². The average Bonchev–Trinajstić information content (AvgIpc) is 3.22. The molecular formula is C18H15FN2O4. The Kier molecular flexibility index (Phi) is 3.76. The molecule has 1 N–H and O–H groups in total. The van der Waals surface area contributed by atoms with E-state index in [1.807, 2.05) is 0 Å². The smallest absolute Gasteiger partial charge is 0.252 e. The zero-order chi connectivity index (χ0) is 17.4. The summed E-state index contributed by atoms with van der Waals surface area (Å²) in [5, 5.41) is 2.75. The summed E-state index contributed by atoms with van der Waals surface area (Å²) in [7, 11) is 0. The maximum absolute atomic E-state index is 13.0. The molecule has 2 aliphatic rings. The highest BCUT2D eigenvalue weighted by molar-refractivity contribution is 6.04. The Labute approximate surface area is 143 Å². The van der Waals surface area contributed by atoms with E-state index in [1.165, 1.54) is 12.1 Å². The van der Waals surface area contributed by atoms with Crippen molar-refractivity contribution in [2.45, 2.75) is 12.5 Å². The molecule has 4 rings (SSSR count). The Morgan fingerprint density at radius 1 is 1.12 bits per heavy atom. The first-order valence-corrected chi connectivity index (χ1v) is 7.89. The van der Waals surface area contributed by atoms with Crippen molar-refractivity contribution in [3.8, 4) is 11.5 Å². The largest absolute Gasteiger partial charge is 0.454 e. The predicted molar refractivity (Wildman–Crippen MR) is 87.2 cm³/mol. The molecule has 1 fully saturated rings. The molecule has 0 radical (unpaired) electrons. The molecule has 2 amide bonds. The van der Waals surface area contributed by atoms with Gasteiger partial charge in [-0.25, -0.2) is 4.39 Å². The van der Waals surface area contributed by atoms with Crippen molar-refractivity contribution in [2.75, 3.05) is 18.2 Å². The van der Waals surface area contributed by atoms with Gasteiger partial charge in [0.2, 0.25) is 12.7 Å². The molecule has 1 saturated heterocycles. The Hall–Kier alpha value is -3.09. The van der Waals surface area contributed by atoms with E-state index in [4.69, 9.17) is 9.47 Å². The molecule has 0 aliphatic carbocycles. The van der Waals surface area contributed by atoms with Gasteiger partial charge in [-0.15, -0.1) is 0 Å². The molecule has 2 heterocycles. The molecule has 1 atom stereocenters. The number of carbonyl (C=O) groups is 2. The summed E-state index contributed by atoms with van der Waals surface area (Å²) in [5.41, 5.74) is 1.02. The highest BCUT2D eigenvalue weighted by Crippen LogP contribution is 2.32. The van der Waals surface area contributed by atoms with E-state index in [1.54, 1.807) is 35.2 Å². The Balaban J connectivity index is 1.45. The van der Waals surface area contributed by atoms with E-state index >= 15 is 0 Å². The molecule has 7 heteroatoms. The SMILES string of the molecule is O=C(N[C@@H]1CCN(c2ccc(F)cc2)C1=O)c1ccc2c(c1)OCO2. The van der Waals surface area contributed by atoms with Crippen LogP contribution in [0.4, 0.5) is 10.1 Å². The molecule has 128 valence electrons. The van der Waals surface area contributed by atoms with Crippen LogP contribution in [0, 0.1) is 5.82 Å². The molecule has 2 aromatic rings. The van der Waals surface area contributed by atoms with Crippen molar-refractivity contribution in [1.29, 1.82) is 0 Å².